The van der Waals surface area contributed by atoms with Gasteiger partial charge in [0.05, 0.1) is 19.6 Å². The second kappa shape index (κ2) is 12.0. The minimum atomic E-state index is -0.724. The molecular formula is C34H27NO5. The third-order valence-corrected chi connectivity index (χ3v) is 6.34. The number of allylic oxidation sites excluding steroid dienone is 3. The quantitative estimate of drug-likeness (QED) is 0.0842. The van der Waals surface area contributed by atoms with E-state index in [9.17, 15) is 9.59 Å². The van der Waals surface area contributed by atoms with E-state index < -0.39 is 11.4 Å². The van der Waals surface area contributed by atoms with Crippen molar-refractivity contribution in [1.29, 1.82) is 0 Å². The Labute approximate surface area is 232 Å². The molecule has 0 aliphatic rings. The van der Waals surface area contributed by atoms with E-state index >= 15 is 0 Å². The second-order valence-corrected chi connectivity index (χ2v) is 8.87. The fourth-order valence-electron chi connectivity index (χ4n) is 4.36. The van der Waals surface area contributed by atoms with Gasteiger partial charge in [0.2, 0.25) is 0 Å². The summed E-state index contributed by atoms with van der Waals surface area (Å²) in [6.45, 7) is 0. The van der Waals surface area contributed by atoms with Crippen LogP contribution in [0.4, 0.5) is 17.1 Å². The van der Waals surface area contributed by atoms with E-state index in [0.717, 1.165) is 22.6 Å². The second-order valence-electron chi connectivity index (χ2n) is 8.87. The van der Waals surface area contributed by atoms with E-state index in [1.54, 1.807) is 24.3 Å². The molecular weight excluding hydrogens is 502 g/mol. The highest BCUT2D eigenvalue weighted by Crippen LogP contribution is 2.34. The molecule has 0 aliphatic heterocycles. The number of ketones is 1. The molecule has 5 aromatic rings. The lowest BCUT2D eigenvalue weighted by Crippen LogP contribution is -2.12. The summed E-state index contributed by atoms with van der Waals surface area (Å²) in [5.41, 5.74) is 3.59. The molecule has 5 rings (SSSR count). The van der Waals surface area contributed by atoms with E-state index in [1.807, 2.05) is 54.6 Å². The summed E-state index contributed by atoms with van der Waals surface area (Å²) < 4.78 is 16.0. The molecule has 0 N–H and O–H groups in total. The van der Waals surface area contributed by atoms with Crippen molar-refractivity contribution in [3.63, 3.8) is 0 Å². The van der Waals surface area contributed by atoms with Gasteiger partial charge >= 0.3 is 5.63 Å². The first-order valence-electron chi connectivity index (χ1n) is 12.7. The Morgan fingerprint density at radius 2 is 1.38 bits per heavy atom. The zero-order chi connectivity index (χ0) is 27.9. The number of nitrogens with zero attached hydrogens (tertiary/aromatic N) is 1. The van der Waals surface area contributed by atoms with Crippen molar-refractivity contribution in [3.8, 4) is 11.5 Å². The number of carbonyl (C=O) groups excluding carboxylic acids is 1. The summed E-state index contributed by atoms with van der Waals surface area (Å²) in [7, 11) is 3.01. The normalized spacial score (nSPS) is 11.2. The van der Waals surface area contributed by atoms with Crippen molar-refractivity contribution in [3.05, 3.63) is 143 Å². The van der Waals surface area contributed by atoms with Gasteiger partial charge in [-0.25, -0.2) is 4.79 Å². The highest BCUT2D eigenvalue weighted by molar-refractivity contribution is 6.06. The van der Waals surface area contributed by atoms with Crippen LogP contribution in [-0.2, 0) is 0 Å². The first-order valence-corrected chi connectivity index (χ1v) is 12.7. The molecule has 0 unspecified atom stereocenters. The number of para-hydroxylation sites is 2. The van der Waals surface area contributed by atoms with Crippen molar-refractivity contribution in [1.82, 2.24) is 0 Å². The Morgan fingerprint density at radius 1 is 0.750 bits per heavy atom. The first-order chi connectivity index (χ1) is 19.6. The van der Waals surface area contributed by atoms with Gasteiger partial charge in [0.15, 0.2) is 5.78 Å². The van der Waals surface area contributed by atoms with Gasteiger partial charge in [0.1, 0.15) is 22.6 Å². The van der Waals surface area contributed by atoms with E-state index in [1.165, 1.54) is 26.4 Å². The number of carbonyl (C=O) groups is 1. The third kappa shape index (κ3) is 5.71. The predicted octanol–water partition coefficient (Wildman–Crippen LogP) is 7.73. The number of hydrogen-bond acceptors (Lipinski definition) is 6. The Balaban J connectivity index is 1.33. The van der Waals surface area contributed by atoms with Crippen LogP contribution in [0.1, 0.15) is 15.9 Å². The summed E-state index contributed by atoms with van der Waals surface area (Å²) in [5.74, 6) is 0.463. The van der Waals surface area contributed by atoms with E-state index in [4.69, 9.17) is 13.9 Å². The molecule has 4 aromatic carbocycles. The molecule has 0 spiro atoms. The predicted molar refractivity (Wildman–Crippen MR) is 159 cm³/mol. The average molecular weight is 530 g/mol. The van der Waals surface area contributed by atoms with Crippen LogP contribution in [0, 0.1) is 0 Å². The van der Waals surface area contributed by atoms with Crippen LogP contribution >= 0.6 is 0 Å². The Hall–Kier alpha value is -5.36. The average Bonchev–Trinajstić information content (AvgIpc) is 3.00. The molecule has 0 amide bonds. The van der Waals surface area contributed by atoms with Gasteiger partial charge in [-0.05, 0) is 54.1 Å². The fourth-order valence-corrected chi connectivity index (χ4v) is 4.36. The molecule has 6 nitrogen and oxygen atoms in total. The summed E-state index contributed by atoms with van der Waals surface area (Å²) in [5, 5.41) is 0.510. The van der Waals surface area contributed by atoms with Crippen molar-refractivity contribution < 1.29 is 18.7 Å². The van der Waals surface area contributed by atoms with E-state index in [-0.39, 0.29) is 11.1 Å². The van der Waals surface area contributed by atoms with Crippen LogP contribution in [-0.4, -0.2) is 20.0 Å². The molecule has 40 heavy (non-hydrogen) atoms. The largest absolute Gasteiger partial charge is 0.496 e. The first kappa shape index (κ1) is 26.3. The van der Waals surface area contributed by atoms with Crippen LogP contribution < -0.4 is 20.0 Å². The molecule has 0 radical (unpaired) electrons. The molecule has 0 atom stereocenters. The maximum atomic E-state index is 12.8. The van der Waals surface area contributed by atoms with Gasteiger partial charge in [-0.3, -0.25) is 4.79 Å². The minimum absolute atomic E-state index is 0.0770. The number of methoxy groups -OCH3 is 2. The number of ether oxygens (including phenoxy) is 2. The van der Waals surface area contributed by atoms with Crippen LogP contribution in [0.2, 0.25) is 0 Å². The molecule has 0 fully saturated rings. The lowest BCUT2D eigenvalue weighted by Gasteiger charge is -2.25. The smallest absolute Gasteiger partial charge is 0.347 e. The van der Waals surface area contributed by atoms with Crippen molar-refractivity contribution in [2.75, 3.05) is 19.1 Å². The van der Waals surface area contributed by atoms with Crippen LogP contribution in [0.15, 0.2) is 131 Å². The summed E-state index contributed by atoms with van der Waals surface area (Å²) in [6.07, 6.45) is 6.59. The standard InChI is InChI=1S/C34H27NO5/c1-38-28-21-32(39-2)30-23-29(34(37)40-33(30)22-28)31(36)16-10-9-11-24-17-19-27(20-18-24)35(25-12-5-3-6-13-25)26-14-7-4-8-15-26/h3-23H,1-2H3/b11-9+,16-10?. The highest BCUT2D eigenvalue weighted by Gasteiger charge is 2.15. The lowest BCUT2D eigenvalue weighted by molar-refractivity contribution is 0.104. The fraction of sp³-hybridized carbons (Fsp3) is 0.0588. The number of rotatable bonds is 9. The van der Waals surface area contributed by atoms with Crippen molar-refractivity contribution in [2.24, 2.45) is 0 Å². The number of anilines is 3. The van der Waals surface area contributed by atoms with Crippen LogP contribution in [0.5, 0.6) is 11.5 Å². The van der Waals surface area contributed by atoms with E-state index in [0.29, 0.717) is 16.9 Å². The molecule has 0 bridgehead atoms. The van der Waals surface area contributed by atoms with Crippen LogP contribution in [0.3, 0.4) is 0 Å². The summed E-state index contributed by atoms with van der Waals surface area (Å²) in [4.78, 5) is 27.5. The molecule has 0 saturated heterocycles. The Bertz CT molecular complexity index is 1700. The monoisotopic (exact) mass is 529 g/mol. The number of hydrogen-bond donors (Lipinski definition) is 0. The number of benzene rings is 4. The molecule has 1 aromatic heterocycles. The summed E-state index contributed by atoms with van der Waals surface area (Å²) >= 11 is 0. The molecule has 1 heterocycles. The topological polar surface area (TPSA) is 69.0 Å². The van der Waals surface area contributed by atoms with Gasteiger partial charge in [-0.15, -0.1) is 0 Å². The maximum Gasteiger partial charge on any atom is 0.347 e. The van der Waals surface area contributed by atoms with Crippen LogP contribution in [0.25, 0.3) is 17.0 Å². The zero-order valence-electron chi connectivity index (χ0n) is 22.1. The highest BCUT2D eigenvalue weighted by atomic mass is 16.5. The summed E-state index contributed by atoms with van der Waals surface area (Å²) in [6, 6.07) is 33.2. The number of fused-ring (bicyclic) bond motifs is 1. The molecule has 0 aliphatic carbocycles. The minimum Gasteiger partial charge on any atom is -0.496 e. The Morgan fingerprint density at radius 3 is 1.98 bits per heavy atom. The van der Waals surface area contributed by atoms with Gasteiger partial charge < -0.3 is 18.8 Å². The SMILES string of the molecule is COc1cc(OC)c2cc(C(=O)C=C/C=C/c3ccc(N(c4ccccc4)c4ccccc4)cc3)c(=O)oc2c1. The van der Waals surface area contributed by atoms with Crippen molar-refractivity contribution in [2.45, 2.75) is 0 Å². The van der Waals surface area contributed by atoms with Gasteiger partial charge in [-0.1, -0.05) is 66.8 Å². The molecule has 6 heteroatoms. The van der Waals surface area contributed by atoms with Gasteiger partial charge in [0.25, 0.3) is 0 Å². The lowest BCUT2D eigenvalue weighted by atomic mass is 10.1. The van der Waals surface area contributed by atoms with Crippen molar-refractivity contribution >= 4 is 39.9 Å². The maximum absolute atomic E-state index is 12.8. The molecule has 0 saturated carbocycles. The molecule has 198 valence electrons. The zero-order valence-corrected chi connectivity index (χ0v) is 22.1. The van der Waals surface area contributed by atoms with E-state index in [2.05, 4.69) is 41.3 Å². The van der Waals surface area contributed by atoms with Gasteiger partial charge in [-0.2, -0.15) is 0 Å². The van der Waals surface area contributed by atoms with Gasteiger partial charge in [0, 0.05) is 29.2 Å². The third-order valence-electron chi connectivity index (χ3n) is 6.34. The Kier molecular flexibility index (Phi) is 7.88.